The van der Waals surface area contributed by atoms with E-state index in [0.717, 1.165) is 0 Å². The molecule has 8 heteroatoms. The third-order valence-corrected chi connectivity index (χ3v) is 2.72. The summed E-state index contributed by atoms with van der Waals surface area (Å²) in [6, 6.07) is 4.58. The number of anilines is 1. The van der Waals surface area contributed by atoms with Crippen molar-refractivity contribution in [1.82, 2.24) is 5.32 Å². The molecule has 0 radical (unpaired) electrons. The smallest absolute Gasteiger partial charge is 0.326 e. The number of amides is 2. The van der Waals surface area contributed by atoms with Gasteiger partial charge >= 0.3 is 11.9 Å². The maximum atomic E-state index is 11.9. The summed E-state index contributed by atoms with van der Waals surface area (Å²) in [4.78, 5) is 44.3. The molecule has 0 aliphatic rings. The van der Waals surface area contributed by atoms with Gasteiger partial charge in [-0.3, -0.25) is 14.4 Å². The molecule has 118 valence electrons. The second-order valence-electron chi connectivity index (χ2n) is 4.56. The third kappa shape index (κ3) is 5.61. The first-order valence-corrected chi connectivity index (χ1v) is 6.42. The Morgan fingerprint density at radius 3 is 2.14 bits per heavy atom. The second kappa shape index (κ2) is 7.77. The fraction of sp³-hybridized carbons (Fsp3) is 0.286. The van der Waals surface area contributed by atoms with E-state index in [-0.39, 0.29) is 24.3 Å². The van der Waals surface area contributed by atoms with E-state index in [1.165, 1.54) is 31.2 Å². The van der Waals surface area contributed by atoms with Crippen molar-refractivity contribution in [2.24, 2.45) is 0 Å². The molecule has 1 unspecified atom stereocenters. The molecule has 0 spiro atoms. The number of carbonyl (C=O) groups excluding carboxylic acids is 2. The Morgan fingerprint density at radius 2 is 1.68 bits per heavy atom. The molecule has 0 saturated carbocycles. The Hall–Kier alpha value is -2.90. The van der Waals surface area contributed by atoms with Crippen LogP contribution in [0.5, 0.6) is 0 Å². The predicted molar refractivity (Wildman–Crippen MR) is 76.5 cm³/mol. The first-order valence-electron chi connectivity index (χ1n) is 6.42. The van der Waals surface area contributed by atoms with Crippen molar-refractivity contribution in [3.8, 4) is 0 Å². The molecule has 0 aliphatic carbocycles. The second-order valence-corrected chi connectivity index (χ2v) is 4.56. The minimum atomic E-state index is -1.30. The SMILES string of the molecule is CC(=O)Nc1ccc(C(=O)NC(CCC(=O)O)C(=O)O)cc1. The zero-order chi connectivity index (χ0) is 16.7. The molecule has 1 aromatic carbocycles. The zero-order valence-corrected chi connectivity index (χ0v) is 11.8. The van der Waals surface area contributed by atoms with Crippen LogP contribution in [0.15, 0.2) is 24.3 Å². The monoisotopic (exact) mass is 308 g/mol. The number of nitrogens with one attached hydrogen (secondary N) is 2. The summed E-state index contributed by atoms with van der Waals surface area (Å²) in [6.07, 6.45) is -0.570. The van der Waals surface area contributed by atoms with E-state index in [2.05, 4.69) is 10.6 Å². The van der Waals surface area contributed by atoms with E-state index in [0.29, 0.717) is 5.69 Å². The third-order valence-electron chi connectivity index (χ3n) is 2.72. The normalized spacial score (nSPS) is 11.3. The molecule has 8 nitrogen and oxygen atoms in total. The van der Waals surface area contributed by atoms with Gasteiger partial charge in [0, 0.05) is 24.6 Å². The van der Waals surface area contributed by atoms with Crippen LogP contribution < -0.4 is 10.6 Å². The fourth-order valence-corrected chi connectivity index (χ4v) is 1.67. The van der Waals surface area contributed by atoms with Crippen molar-refractivity contribution in [3.05, 3.63) is 29.8 Å². The predicted octanol–water partition coefficient (Wildman–Crippen LogP) is 0.693. The van der Waals surface area contributed by atoms with Crippen LogP contribution >= 0.6 is 0 Å². The molecule has 1 aromatic rings. The van der Waals surface area contributed by atoms with Crippen LogP contribution in [0.2, 0.25) is 0 Å². The van der Waals surface area contributed by atoms with E-state index in [1.54, 1.807) is 0 Å². The number of benzene rings is 1. The maximum Gasteiger partial charge on any atom is 0.326 e. The van der Waals surface area contributed by atoms with E-state index in [1.807, 2.05) is 0 Å². The van der Waals surface area contributed by atoms with Crippen LogP contribution in [0.1, 0.15) is 30.1 Å². The van der Waals surface area contributed by atoms with Gasteiger partial charge in [0.1, 0.15) is 6.04 Å². The minimum absolute atomic E-state index is 0.204. The molecule has 1 atom stereocenters. The number of carbonyl (C=O) groups is 4. The van der Waals surface area contributed by atoms with Crippen molar-refractivity contribution in [1.29, 1.82) is 0 Å². The van der Waals surface area contributed by atoms with Gasteiger partial charge in [-0.2, -0.15) is 0 Å². The van der Waals surface area contributed by atoms with Gasteiger partial charge in [0.15, 0.2) is 0 Å². The van der Waals surface area contributed by atoms with E-state index >= 15 is 0 Å². The summed E-state index contributed by atoms with van der Waals surface area (Å²) in [5.74, 6) is -3.33. The molecule has 1 rings (SSSR count). The van der Waals surface area contributed by atoms with Crippen LogP contribution in [-0.2, 0) is 14.4 Å². The lowest BCUT2D eigenvalue weighted by molar-refractivity contribution is -0.140. The highest BCUT2D eigenvalue weighted by Gasteiger charge is 2.21. The molecule has 0 aromatic heterocycles. The van der Waals surface area contributed by atoms with Crippen molar-refractivity contribution < 1.29 is 29.4 Å². The first kappa shape index (κ1) is 17.2. The van der Waals surface area contributed by atoms with Crippen molar-refractivity contribution in [3.63, 3.8) is 0 Å². The van der Waals surface area contributed by atoms with Crippen molar-refractivity contribution in [2.45, 2.75) is 25.8 Å². The largest absolute Gasteiger partial charge is 0.481 e. The molecule has 22 heavy (non-hydrogen) atoms. The Kier molecular flexibility index (Phi) is 6.06. The molecular formula is C14H16N2O6. The highest BCUT2D eigenvalue weighted by atomic mass is 16.4. The Bertz CT molecular complexity index is 582. The number of hydrogen-bond donors (Lipinski definition) is 4. The molecule has 4 N–H and O–H groups in total. The number of aliphatic carboxylic acids is 2. The highest BCUT2D eigenvalue weighted by Crippen LogP contribution is 2.10. The van der Waals surface area contributed by atoms with Gasteiger partial charge in [-0.1, -0.05) is 0 Å². The lowest BCUT2D eigenvalue weighted by Gasteiger charge is -2.13. The average molecular weight is 308 g/mol. The fourth-order valence-electron chi connectivity index (χ4n) is 1.67. The summed E-state index contributed by atoms with van der Waals surface area (Å²) < 4.78 is 0. The van der Waals surface area contributed by atoms with Crippen LogP contribution in [0, 0.1) is 0 Å². The van der Waals surface area contributed by atoms with Crippen molar-refractivity contribution >= 4 is 29.4 Å². The van der Waals surface area contributed by atoms with Gasteiger partial charge in [0.25, 0.3) is 5.91 Å². The summed E-state index contributed by atoms with van der Waals surface area (Å²) in [7, 11) is 0. The number of hydrogen-bond acceptors (Lipinski definition) is 4. The van der Waals surface area contributed by atoms with Gasteiger partial charge in [-0.25, -0.2) is 4.79 Å². The minimum Gasteiger partial charge on any atom is -0.481 e. The highest BCUT2D eigenvalue weighted by molar-refractivity contribution is 5.97. The number of carboxylic acids is 2. The molecule has 0 fully saturated rings. The van der Waals surface area contributed by atoms with Crippen LogP contribution in [0.4, 0.5) is 5.69 Å². The number of rotatable bonds is 7. The number of carboxylic acid groups (broad SMARTS) is 2. The van der Waals surface area contributed by atoms with Crippen LogP contribution in [0.3, 0.4) is 0 Å². The lowest BCUT2D eigenvalue weighted by Crippen LogP contribution is -2.41. The zero-order valence-electron chi connectivity index (χ0n) is 11.8. The van der Waals surface area contributed by atoms with E-state index in [4.69, 9.17) is 10.2 Å². The quantitative estimate of drug-likeness (QED) is 0.586. The Balaban J connectivity index is 2.71. The van der Waals surface area contributed by atoms with Gasteiger partial charge in [0.05, 0.1) is 0 Å². The Labute approximate surface area is 126 Å². The first-order chi connectivity index (χ1) is 10.3. The summed E-state index contributed by atoms with van der Waals surface area (Å²) in [5, 5.41) is 22.3. The molecule has 0 bridgehead atoms. The molecular weight excluding hydrogens is 292 g/mol. The van der Waals surface area contributed by atoms with Gasteiger partial charge < -0.3 is 20.8 Å². The summed E-state index contributed by atoms with van der Waals surface area (Å²) in [5.41, 5.74) is 0.709. The molecule has 0 heterocycles. The average Bonchev–Trinajstić information content (AvgIpc) is 2.42. The topological polar surface area (TPSA) is 133 Å². The van der Waals surface area contributed by atoms with E-state index < -0.39 is 23.9 Å². The molecule has 2 amide bonds. The van der Waals surface area contributed by atoms with Gasteiger partial charge in [-0.15, -0.1) is 0 Å². The van der Waals surface area contributed by atoms with Gasteiger partial charge in [0.2, 0.25) is 5.91 Å². The standard InChI is InChI=1S/C14H16N2O6/c1-8(17)15-10-4-2-9(3-5-10)13(20)16-11(14(21)22)6-7-12(18)19/h2-5,11H,6-7H2,1H3,(H,15,17)(H,16,20)(H,18,19)(H,21,22). The Morgan fingerprint density at radius 1 is 1.09 bits per heavy atom. The van der Waals surface area contributed by atoms with Crippen molar-refractivity contribution in [2.75, 3.05) is 5.32 Å². The summed E-state index contributed by atoms with van der Waals surface area (Å²) in [6.45, 7) is 1.35. The molecule has 0 aliphatic heterocycles. The molecule has 0 saturated heterocycles. The maximum absolute atomic E-state index is 11.9. The van der Waals surface area contributed by atoms with Gasteiger partial charge in [-0.05, 0) is 30.7 Å². The van der Waals surface area contributed by atoms with Crippen LogP contribution in [-0.4, -0.2) is 40.0 Å². The van der Waals surface area contributed by atoms with Crippen LogP contribution in [0.25, 0.3) is 0 Å². The summed E-state index contributed by atoms with van der Waals surface area (Å²) >= 11 is 0. The van der Waals surface area contributed by atoms with E-state index in [9.17, 15) is 19.2 Å². The lowest BCUT2D eigenvalue weighted by atomic mass is 10.1.